The molecule has 0 aromatic heterocycles. The molecule has 0 bridgehead atoms. The zero-order valence-electron chi connectivity index (χ0n) is 18.1. The number of anilines is 1. The van der Waals surface area contributed by atoms with Crippen molar-refractivity contribution in [3.05, 3.63) is 27.8 Å². The van der Waals surface area contributed by atoms with Crippen LogP contribution in [0.15, 0.2) is 0 Å². The van der Waals surface area contributed by atoms with Crippen molar-refractivity contribution in [2.24, 2.45) is 0 Å². The number of hydrogen-bond donors (Lipinski definition) is 0. The van der Waals surface area contributed by atoms with Crippen LogP contribution in [0.3, 0.4) is 0 Å². The molecule has 0 heterocycles. The summed E-state index contributed by atoms with van der Waals surface area (Å²) in [4.78, 5) is 2.25. The summed E-state index contributed by atoms with van der Waals surface area (Å²) >= 11 is 13.0. The smallest absolute Gasteiger partial charge is 0.0497 e. The van der Waals surface area contributed by atoms with Gasteiger partial charge in [-0.2, -0.15) is 0 Å². The molecule has 0 atom stereocenters. The van der Waals surface area contributed by atoms with Gasteiger partial charge in [-0.15, -0.1) is 35.6 Å². The highest BCUT2D eigenvalue weighted by Gasteiger charge is 2.22. The van der Waals surface area contributed by atoms with E-state index < -0.39 is 0 Å². The minimum absolute atomic E-state index is 0. The summed E-state index contributed by atoms with van der Waals surface area (Å²) in [5.41, 5.74) is 8.48. The molecule has 1 aromatic rings. The average molecular weight is 437 g/mol. The fraction of sp³-hybridized carbons (Fsp3) is 0.739. The first kappa shape index (κ1) is 26.9. The Morgan fingerprint density at radius 1 is 0.630 bits per heavy atom. The molecule has 0 aliphatic heterocycles. The Morgan fingerprint density at radius 2 is 1.11 bits per heavy atom. The van der Waals surface area contributed by atoms with Crippen molar-refractivity contribution in [2.45, 2.75) is 96.7 Å². The lowest BCUT2D eigenvalue weighted by Crippen LogP contribution is -2.19. The van der Waals surface area contributed by atoms with Gasteiger partial charge < -0.3 is 4.90 Å². The van der Waals surface area contributed by atoms with Gasteiger partial charge in [0.05, 0.1) is 0 Å². The molecule has 0 aliphatic carbocycles. The van der Waals surface area contributed by atoms with E-state index >= 15 is 0 Å². The highest BCUT2D eigenvalue weighted by Crippen LogP contribution is 2.38. The Morgan fingerprint density at radius 3 is 1.56 bits per heavy atom. The van der Waals surface area contributed by atoms with E-state index in [4.69, 9.17) is 23.2 Å². The van der Waals surface area contributed by atoms with Crippen molar-refractivity contribution >= 4 is 41.3 Å². The molecule has 0 saturated carbocycles. The van der Waals surface area contributed by atoms with Crippen LogP contribution in [0.1, 0.15) is 93.5 Å². The first-order chi connectivity index (χ1) is 12.6. The molecule has 27 heavy (non-hydrogen) atoms. The number of rotatable bonds is 13. The highest BCUT2D eigenvalue weighted by molar-refractivity contribution is 6.18. The van der Waals surface area contributed by atoms with Gasteiger partial charge in [0.2, 0.25) is 0 Å². The molecule has 0 fully saturated rings. The minimum atomic E-state index is 0. The van der Waals surface area contributed by atoms with Gasteiger partial charge in [-0.1, -0.05) is 52.9 Å². The van der Waals surface area contributed by atoms with E-state index in [1.807, 2.05) is 0 Å². The second-order valence-electron chi connectivity index (χ2n) is 7.52. The van der Waals surface area contributed by atoms with Crippen molar-refractivity contribution in [3.63, 3.8) is 0 Å². The Bertz CT molecular complexity index is 541. The summed E-state index contributed by atoms with van der Waals surface area (Å²) < 4.78 is 0. The maximum absolute atomic E-state index is 6.52. The van der Waals surface area contributed by atoms with Gasteiger partial charge in [0.25, 0.3) is 0 Å². The summed E-state index contributed by atoms with van der Waals surface area (Å²) in [5, 5.41) is 0. The van der Waals surface area contributed by atoms with Gasteiger partial charge >= 0.3 is 0 Å². The van der Waals surface area contributed by atoms with Gasteiger partial charge in [0.1, 0.15) is 0 Å². The molecule has 1 rings (SSSR count). The molecule has 0 aliphatic rings. The second-order valence-corrected chi connectivity index (χ2v) is 8.06. The summed E-state index contributed by atoms with van der Waals surface area (Å²) in [6.07, 6.45) is 12.2. The number of nitrogens with zero attached hydrogens (tertiary/aromatic N) is 1. The van der Waals surface area contributed by atoms with Crippen molar-refractivity contribution in [2.75, 3.05) is 19.0 Å². The molecule has 0 N–H and O–H groups in total. The van der Waals surface area contributed by atoms with Crippen LogP contribution in [-0.2, 0) is 31.0 Å². The zero-order chi connectivity index (χ0) is 19.5. The summed E-state index contributed by atoms with van der Waals surface area (Å²) in [5.74, 6) is 1.20. The molecule has 4 heteroatoms. The van der Waals surface area contributed by atoms with Gasteiger partial charge in [-0.25, -0.2) is 0 Å². The fourth-order valence-electron chi connectivity index (χ4n) is 4.12. The fourth-order valence-corrected chi connectivity index (χ4v) is 4.73. The summed E-state index contributed by atoms with van der Waals surface area (Å²) in [7, 11) is 4.28. The van der Waals surface area contributed by atoms with Crippen molar-refractivity contribution in [1.29, 1.82) is 0 Å². The van der Waals surface area contributed by atoms with Crippen molar-refractivity contribution in [1.82, 2.24) is 0 Å². The van der Waals surface area contributed by atoms with Crippen LogP contribution in [0.25, 0.3) is 0 Å². The molecular formula is C23H40Cl3N. The van der Waals surface area contributed by atoms with E-state index in [0.29, 0.717) is 11.8 Å². The maximum Gasteiger partial charge on any atom is 0.0497 e. The number of hydrogen-bond acceptors (Lipinski definition) is 1. The number of halogens is 3. The van der Waals surface area contributed by atoms with Crippen LogP contribution in [0.2, 0.25) is 0 Å². The van der Waals surface area contributed by atoms with E-state index in [2.05, 4.69) is 39.8 Å². The van der Waals surface area contributed by atoms with Crippen molar-refractivity contribution < 1.29 is 0 Å². The first-order valence-corrected chi connectivity index (χ1v) is 11.6. The Balaban J connectivity index is 0.00000676. The topological polar surface area (TPSA) is 3.24 Å². The van der Waals surface area contributed by atoms with E-state index in [9.17, 15) is 0 Å². The molecule has 158 valence electrons. The SMILES string of the molecule is CCCCCCc1c(CCCCC)c(CCl)c(CC)c(N(C)C)c1CCl.Cl. The van der Waals surface area contributed by atoms with Crippen LogP contribution in [-0.4, -0.2) is 14.1 Å². The zero-order valence-corrected chi connectivity index (χ0v) is 20.4. The lowest BCUT2D eigenvalue weighted by Gasteiger charge is -2.29. The lowest BCUT2D eigenvalue weighted by molar-refractivity contribution is 0.656. The van der Waals surface area contributed by atoms with Crippen LogP contribution < -0.4 is 4.90 Å². The van der Waals surface area contributed by atoms with Gasteiger partial charge in [-0.05, 0) is 59.9 Å². The minimum Gasteiger partial charge on any atom is -0.377 e. The van der Waals surface area contributed by atoms with E-state index in [-0.39, 0.29) is 12.4 Å². The monoisotopic (exact) mass is 435 g/mol. The van der Waals surface area contributed by atoms with Gasteiger partial charge in [0.15, 0.2) is 0 Å². The largest absolute Gasteiger partial charge is 0.377 e. The average Bonchev–Trinajstić information content (AvgIpc) is 2.64. The number of unbranched alkanes of at least 4 members (excludes halogenated alkanes) is 5. The maximum atomic E-state index is 6.52. The number of benzene rings is 1. The summed E-state index contributed by atoms with van der Waals surface area (Å²) in [6, 6.07) is 0. The normalized spacial score (nSPS) is 10.8. The van der Waals surface area contributed by atoms with E-state index in [0.717, 1.165) is 19.3 Å². The van der Waals surface area contributed by atoms with Gasteiger partial charge in [-0.3, -0.25) is 0 Å². The van der Waals surface area contributed by atoms with Crippen LogP contribution in [0, 0.1) is 0 Å². The van der Waals surface area contributed by atoms with Crippen molar-refractivity contribution in [3.8, 4) is 0 Å². The number of alkyl halides is 2. The molecule has 0 radical (unpaired) electrons. The van der Waals surface area contributed by atoms with Crippen LogP contribution >= 0.6 is 35.6 Å². The third-order valence-electron chi connectivity index (χ3n) is 5.41. The Labute approximate surface area is 184 Å². The predicted octanol–water partition coefficient (Wildman–Crippen LogP) is 8.07. The van der Waals surface area contributed by atoms with E-state index in [1.165, 1.54) is 78.5 Å². The molecule has 1 aromatic carbocycles. The molecule has 0 amide bonds. The Kier molecular flexibility index (Phi) is 14.8. The molecule has 1 nitrogen and oxygen atoms in total. The van der Waals surface area contributed by atoms with E-state index in [1.54, 1.807) is 0 Å². The lowest BCUT2D eigenvalue weighted by atomic mass is 9.84. The Hall–Kier alpha value is -0.110. The molecular weight excluding hydrogens is 397 g/mol. The van der Waals surface area contributed by atoms with Crippen LogP contribution in [0.4, 0.5) is 5.69 Å². The third-order valence-corrected chi connectivity index (χ3v) is 5.94. The first-order valence-electron chi connectivity index (χ1n) is 10.5. The summed E-state index contributed by atoms with van der Waals surface area (Å²) in [6.45, 7) is 6.78. The quantitative estimate of drug-likeness (QED) is 0.223. The molecule has 0 unspecified atom stereocenters. The second kappa shape index (κ2) is 14.8. The molecule has 0 saturated heterocycles. The molecule has 0 spiro atoms. The van der Waals surface area contributed by atoms with Gasteiger partial charge in [0, 0.05) is 31.5 Å². The standard InChI is InChI=1S/C23H39Cl2N.ClH/c1-6-9-11-13-15-20-19(14-12-10-7-2)21(16-24)18(8-3)23(26(4)5)22(20)17-25;/h6-17H2,1-5H3;1H. The predicted molar refractivity (Wildman–Crippen MR) is 128 cm³/mol. The van der Waals surface area contributed by atoms with Crippen LogP contribution in [0.5, 0.6) is 0 Å². The third kappa shape index (κ3) is 7.33. The highest BCUT2D eigenvalue weighted by atomic mass is 35.5.